The number of methoxy groups -OCH3 is 2. The van der Waals surface area contributed by atoms with Crippen LogP contribution in [0.3, 0.4) is 0 Å². The first-order valence-corrected chi connectivity index (χ1v) is 29.0. The van der Waals surface area contributed by atoms with E-state index in [1.165, 1.54) is 23.3 Å². The number of carboxylic acids is 1. The topological polar surface area (TPSA) is 340 Å². The molecule has 2 aliphatic rings. The Bertz CT molecular complexity index is 3720. The van der Waals surface area contributed by atoms with Crippen molar-refractivity contribution in [2.24, 2.45) is 0 Å². The molecule has 0 aliphatic heterocycles. The maximum Gasteiger partial charge on any atom is 0.335 e. The van der Waals surface area contributed by atoms with Gasteiger partial charge in [-0.05, 0) is 75.6 Å². The molecule has 0 spiro atoms. The first-order valence-electron chi connectivity index (χ1n) is 25.2. The molecule has 8 aromatic rings. The summed E-state index contributed by atoms with van der Waals surface area (Å²) in [7, 11) is -4.53. The predicted octanol–water partition coefficient (Wildman–Crippen LogP) is 4.84. The molecule has 2 aliphatic carbocycles. The monoisotopic (exact) mass is 1120 g/mol. The maximum atomic E-state index is 12.9. The number of hydroxylamine groups is 1. The molecular formula is C52H61N13O12S2. The maximum absolute atomic E-state index is 12.9. The van der Waals surface area contributed by atoms with Gasteiger partial charge in [-0.2, -0.15) is 29.4 Å². The van der Waals surface area contributed by atoms with Crippen molar-refractivity contribution in [3.05, 3.63) is 109 Å². The number of sulfone groups is 2. The number of hydrogen-bond donors (Lipinski definition) is 5. The molecular weight excluding hydrogens is 1060 g/mol. The van der Waals surface area contributed by atoms with Crippen molar-refractivity contribution in [3.63, 3.8) is 0 Å². The SMILES string of the molecule is COCCOC1(C(=O)NO)CCC(c2nc3c(-c4cnn(-c5ccccc5)c4)cnn3c(N)c2S(C)(=O)=O)CC1.COCCOC1(C(=O)O)CCC(c2nc3c(-c4cnn(-c5ccccc5)c4)cnn3c(N)c2S(C)(=O)=O)CC1. The lowest BCUT2D eigenvalue weighted by atomic mass is 9.76. The van der Waals surface area contributed by atoms with Crippen LogP contribution in [0.25, 0.3) is 44.9 Å². The van der Waals surface area contributed by atoms with E-state index >= 15 is 0 Å². The summed E-state index contributed by atoms with van der Waals surface area (Å²) in [5, 5.41) is 36.9. The summed E-state index contributed by atoms with van der Waals surface area (Å²) < 4.78 is 79.4. The smallest absolute Gasteiger partial charge is 0.335 e. The highest BCUT2D eigenvalue weighted by Crippen LogP contribution is 2.45. The van der Waals surface area contributed by atoms with Gasteiger partial charge in [0.25, 0.3) is 5.91 Å². The Morgan fingerprint density at radius 1 is 0.620 bits per heavy atom. The molecule has 2 aromatic carbocycles. The van der Waals surface area contributed by atoms with Gasteiger partial charge < -0.3 is 35.5 Å². The molecule has 7 N–H and O–H groups in total. The summed E-state index contributed by atoms with van der Waals surface area (Å²) in [6, 6.07) is 19.2. The molecule has 2 fully saturated rings. The fourth-order valence-corrected chi connectivity index (χ4v) is 12.6. The number of fused-ring (bicyclic) bond motifs is 2. The third-order valence-corrected chi connectivity index (χ3v) is 16.8. The van der Waals surface area contributed by atoms with Crippen molar-refractivity contribution >= 4 is 54.5 Å². The van der Waals surface area contributed by atoms with Gasteiger partial charge in [0.05, 0.1) is 74.0 Å². The average Bonchev–Trinajstić information content (AvgIpc) is 4.50. The van der Waals surface area contributed by atoms with Crippen molar-refractivity contribution in [2.45, 2.75) is 84.2 Å². The minimum atomic E-state index is -3.79. The third-order valence-electron chi connectivity index (χ3n) is 14.5. The number of ether oxygens (including phenoxy) is 4. The van der Waals surface area contributed by atoms with E-state index in [9.17, 15) is 36.7 Å². The number of carbonyl (C=O) groups is 2. The highest BCUT2D eigenvalue weighted by molar-refractivity contribution is 7.91. The van der Waals surface area contributed by atoms with E-state index < -0.39 is 42.8 Å². The molecule has 0 atom stereocenters. The van der Waals surface area contributed by atoms with E-state index in [2.05, 4.69) is 20.4 Å². The zero-order valence-corrected chi connectivity index (χ0v) is 45.4. The van der Waals surface area contributed by atoms with Crippen molar-refractivity contribution in [1.82, 2.24) is 54.2 Å². The number of carboxylic acid groups (broad SMARTS) is 1. The van der Waals surface area contributed by atoms with Crippen LogP contribution in [0.1, 0.15) is 74.6 Å². The molecule has 6 heterocycles. The summed E-state index contributed by atoms with van der Waals surface area (Å²) in [5.41, 5.74) is 17.9. The fraction of sp³-hybridized carbons (Fsp3) is 0.385. The molecule has 1 amide bonds. The number of aliphatic carboxylic acids is 1. The second-order valence-corrected chi connectivity index (χ2v) is 23.4. The van der Waals surface area contributed by atoms with Crippen LogP contribution in [0, 0.1) is 0 Å². The number of rotatable bonds is 18. The molecule has 0 bridgehead atoms. The van der Waals surface area contributed by atoms with Crippen LogP contribution in [0.5, 0.6) is 0 Å². The predicted molar refractivity (Wildman–Crippen MR) is 287 cm³/mol. The van der Waals surface area contributed by atoms with Crippen molar-refractivity contribution in [3.8, 4) is 33.6 Å². The lowest BCUT2D eigenvalue weighted by molar-refractivity contribution is -0.173. The molecule has 79 heavy (non-hydrogen) atoms. The van der Waals surface area contributed by atoms with Gasteiger partial charge in [0.1, 0.15) is 27.0 Å². The van der Waals surface area contributed by atoms with E-state index in [4.69, 9.17) is 40.4 Å². The molecule has 10 rings (SSSR count). The Kier molecular flexibility index (Phi) is 16.3. The second-order valence-electron chi connectivity index (χ2n) is 19.5. The fourth-order valence-electron chi connectivity index (χ4n) is 10.4. The van der Waals surface area contributed by atoms with Crippen LogP contribution in [-0.2, 0) is 48.2 Å². The zero-order chi connectivity index (χ0) is 56.3. The van der Waals surface area contributed by atoms with Crippen LogP contribution >= 0.6 is 0 Å². The quantitative estimate of drug-likeness (QED) is 0.0436. The summed E-state index contributed by atoms with van der Waals surface area (Å²) in [6.07, 6.45) is 14.7. The Morgan fingerprint density at radius 3 is 1.38 bits per heavy atom. The van der Waals surface area contributed by atoms with Crippen LogP contribution in [0.4, 0.5) is 11.6 Å². The number of nitrogen functional groups attached to an aromatic ring is 2. The Labute approximate surface area is 454 Å². The normalized spacial score (nSPS) is 19.8. The van der Waals surface area contributed by atoms with Crippen LogP contribution in [0.2, 0.25) is 0 Å². The molecule has 0 unspecified atom stereocenters. The van der Waals surface area contributed by atoms with Gasteiger partial charge in [-0.1, -0.05) is 36.4 Å². The van der Waals surface area contributed by atoms with E-state index in [-0.39, 0.29) is 85.4 Å². The van der Waals surface area contributed by atoms with E-state index in [1.54, 1.807) is 39.6 Å². The number of para-hydroxylation sites is 2. The van der Waals surface area contributed by atoms with Gasteiger partial charge in [0.15, 0.2) is 36.6 Å². The van der Waals surface area contributed by atoms with Crippen molar-refractivity contribution < 1.29 is 55.7 Å². The molecule has 418 valence electrons. The number of aromatic nitrogens is 10. The van der Waals surface area contributed by atoms with Gasteiger partial charge in [0, 0.05) is 73.2 Å². The Balaban J connectivity index is 0.000000192. The number of carbonyl (C=O) groups excluding carboxylic acids is 1. The molecule has 0 radical (unpaired) electrons. The average molecular weight is 1120 g/mol. The van der Waals surface area contributed by atoms with Gasteiger partial charge in [-0.15, -0.1) is 0 Å². The van der Waals surface area contributed by atoms with Crippen LogP contribution in [0.15, 0.2) is 108 Å². The van der Waals surface area contributed by atoms with Crippen molar-refractivity contribution in [1.29, 1.82) is 0 Å². The lowest BCUT2D eigenvalue weighted by Crippen LogP contribution is -2.50. The first-order chi connectivity index (χ1) is 37.8. The second kappa shape index (κ2) is 23.0. The van der Waals surface area contributed by atoms with Crippen LogP contribution in [-0.4, -0.2) is 152 Å². The summed E-state index contributed by atoms with van der Waals surface area (Å²) in [6.45, 7) is 0.864. The van der Waals surface area contributed by atoms with Gasteiger partial charge in [-0.3, -0.25) is 10.0 Å². The Hall–Kier alpha value is -7.66. The molecule has 0 saturated heterocycles. The van der Waals surface area contributed by atoms with E-state index in [0.717, 1.165) is 35.0 Å². The zero-order valence-electron chi connectivity index (χ0n) is 43.8. The highest BCUT2D eigenvalue weighted by atomic mass is 32.2. The van der Waals surface area contributed by atoms with Gasteiger partial charge in [-0.25, -0.2) is 46.4 Å². The summed E-state index contributed by atoms with van der Waals surface area (Å²) in [4.78, 5) is 34.2. The van der Waals surface area contributed by atoms with Crippen molar-refractivity contribution in [2.75, 3.05) is 64.6 Å². The summed E-state index contributed by atoms with van der Waals surface area (Å²) in [5.74, 6) is -2.44. The number of nitrogens with one attached hydrogen (secondary N) is 1. The molecule has 25 nitrogen and oxygen atoms in total. The largest absolute Gasteiger partial charge is 0.479 e. The summed E-state index contributed by atoms with van der Waals surface area (Å²) >= 11 is 0. The van der Waals surface area contributed by atoms with Crippen LogP contribution < -0.4 is 16.9 Å². The third kappa shape index (κ3) is 11.3. The van der Waals surface area contributed by atoms with Gasteiger partial charge >= 0.3 is 5.97 Å². The number of hydrogen-bond acceptors (Lipinski definition) is 19. The number of benzene rings is 2. The number of amides is 1. The van der Waals surface area contributed by atoms with E-state index in [1.807, 2.05) is 73.1 Å². The standard InChI is InChI=1S/C26H31N7O6S.C26H30N6O6S/c1-38-12-13-39-26(25(34)31-35)10-8-17(9-11-26)21-22(40(2,36)37)23(27)33-24(30-21)20(15-29-33)18-14-28-32(16-18)19-6-4-3-5-7-19;1-37-12-13-38-26(25(33)34)10-8-17(9-11-26)21-22(39(2,35)36)23(27)32-24(30-21)20(15-29-32)18-14-28-31(16-18)19-6-4-3-5-7-19/h3-7,14-17,35H,8-13,27H2,1-2H3,(H,31,34);3-7,14-17H,8-13,27H2,1-2H3,(H,33,34). The number of nitrogens with zero attached hydrogens (tertiary/aromatic N) is 10. The first kappa shape index (κ1) is 56.1. The molecule has 27 heteroatoms. The molecule has 6 aromatic heterocycles. The van der Waals surface area contributed by atoms with Gasteiger partial charge in [0.2, 0.25) is 0 Å². The van der Waals surface area contributed by atoms with E-state index in [0.29, 0.717) is 59.5 Å². The number of nitrogens with two attached hydrogens (primary N) is 2. The molecule has 2 saturated carbocycles. The highest BCUT2D eigenvalue weighted by Gasteiger charge is 2.46. The Morgan fingerprint density at radius 2 is 1.01 bits per heavy atom. The number of anilines is 2. The lowest BCUT2D eigenvalue weighted by Gasteiger charge is -2.38. The minimum Gasteiger partial charge on any atom is -0.479 e. The minimum absolute atomic E-state index is 0.0365.